The highest BCUT2D eigenvalue weighted by Gasteiger charge is 2.51. The van der Waals surface area contributed by atoms with E-state index in [2.05, 4.69) is 128 Å². The van der Waals surface area contributed by atoms with E-state index in [1.807, 2.05) is 24.8 Å². The van der Waals surface area contributed by atoms with Crippen LogP contribution in [-0.4, -0.2) is 16.7 Å². The predicted octanol–water partition coefficient (Wildman–Crippen LogP) is 8.51. The molecule has 4 heterocycles. The number of hydrogen-bond donors (Lipinski definition) is 0. The molecule has 0 saturated carbocycles. The summed E-state index contributed by atoms with van der Waals surface area (Å²) in [5.74, 6) is 3.61. The van der Waals surface area contributed by atoms with Gasteiger partial charge < -0.3 is 9.47 Å². The van der Waals surface area contributed by atoms with Crippen molar-refractivity contribution >= 4 is 33.9 Å². The fourth-order valence-corrected chi connectivity index (χ4v) is 9.66. The SMILES string of the molecule is CC(C)(C)c1cc2c3c(c1)Oc1c(ccc4ccccc14)B3c1cc3c(cc1O2)C(c1ccncc1)(c1ccncc1)c1c-3ccc2c1CCC2. The molecular formula is C46H35BN2O2. The van der Waals surface area contributed by atoms with Crippen molar-refractivity contribution in [2.45, 2.75) is 50.9 Å². The molecule has 51 heavy (non-hydrogen) atoms. The van der Waals surface area contributed by atoms with Crippen molar-refractivity contribution in [1.29, 1.82) is 0 Å². The molecule has 2 aromatic heterocycles. The van der Waals surface area contributed by atoms with Gasteiger partial charge in [-0.05, 0) is 134 Å². The highest BCUT2D eigenvalue weighted by atomic mass is 16.5. The largest absolute Gasteiger partial charge is 0.458 e. The van der Waals surface area contributed by atoms with Gasteiger partial charge in [0.25, 0.3) is 6.71 Å². The summed E-state index contributed by atoms with van der Waals surface area (Å²) in [7, 11) is 0. The molecule has 4 aliphatic rings. The topological polar surface area (TPSA) is 44.2 Å². The number of aromatic nitrogens is 2. The van der Waals surface area contributed by atoms with Gasteiger partial charge in [-0.15, -0.1) is 0 Å². The number of benzene rings is 5. The van der Waals surface area contributed by atoms with Gasteiger partial charge in [-0.25, -0.2) is 0 Å². The number of hydrogen-bond acceptors (Lipinski definition) is 4. The zero-order valence-electron chi connectivity index (χ0n) is 29.0. The highest BCUT2D eigenvalue weighted by Crippen LogP contribution is 2.59. The second-order valence-electron chi connectivity index (χ2n) is 15.6. The molecule has 0 N–H and O–H groups in total. The Hall–Kier alpha value is -5.68. The minimum absolute atomic E-state index is 0.0406. The molecule has 0 bridgehead atoms. The Bertz CT molecular complexity index is 2570. The molecule has 11 rings (SSSR count). The van der Waals surface area contributed by atoms with Crippen LogP contribution in [0.1, 0.15) is 66.1 Å². The smallest absolute Gasteiger partial charge is 0.260 e. The number of aryl methyl sites for hydroxylation is 1. The third kappa shape index (κ3) is 3.87. The molecule has 5 aromatic carbocycles. The second-order valence-corrected chi connectivity index (χ2v) is 15.6. The predicted molar refractivity (Wildman–Crippen MR) is 205 cm³/mol. The Kier molecular flexibility index (Phi) is 5.82. The quantitative estimate of drug-likeness (QED) is 0.175. The van der Waals surface area contributed by atoms with Crippen LogP contribution in [0.2, 0.25) is 0 Å². The van der Waals surface area contributed by atoms with Crippen molar-refractivity contribution in [3.05, 3.63) is 161 Å². The third-order valence-electron chi connectivity index (χ3n) is 12.0. The van der Waals surface area contributed by atoms with Crippen LogP contribution < -0.4 is 25.9 Å². The van der Waals surface area contributed by atoms with Gasteiger partial charge in [0.2, 0.25) is 0 Å². The lowest BCUT2D eigenvalue weighted by Crippen LogP contribution is -2.57. The lowest BCUT2D eigenvalue weighted by molar-refractivity contribution is 0.460. The average molecular weight is 659 g/mol. The van der Waals surface area contributed by atoms with Gasteiger partial charge in [0.05, 0.1) is 5.41 Å². The molecular weight excluding hydrogens is 623 g/mol. The molecule has 7 aromatic rings. The van der Waals surface area contributed by atoms with E-state index in [0.717, 1.165) is 46.7 Å². The van der Waals surface area contributed by atoms with Gasteiger partial charge in [0.1, 0.15) is 23.0 Å². The summed E-state index contributed by atoms with van der Waals surface area (Å²) in [6.45, 7) is 6.72. The maximum Gasteiger partial charge on any atom is 0.260 e. The van der Waals surface area contributed by atoms with Gasteiger partial charge in [0.15, 0.2) is 0 Å². The van der Waals surface area contributed by atoms with Crippen LogP contribution in [0.5, 0.6) is 23.0 Å². The summed E-state index contributed by atoms with van der Waals surface area (Å²) in [5, 5.41) is 2.31. The Morgan fingerprint density at radius 3 is 2.14 bits per heavy atom. The molecule has 0 fully saturated rings. The number of pyridine rings is 2. The van der Waals surface area contributed by atoms with E-state index in [9.17, 15) is 0 Å². The molecule has 4 nitrogen and oxygen atoms in total. The van der Waals surface area contributed by atoms with E-state index in [-0.39, 0.29) is 12.1 Å². The van der Waals surface area contributed by atoms with E-state index in [1.54, 1.807) is 0 Å². The zero-order valence-corrected chi connectivity index (χ0v) is 29.0. The number of rotatable bonds is 2. The van der Waals surface area contributed by atoms with Crippen LogP contribution in [0.4, 0.5) is 0 Å². The summed E-state index contributed by atoms with van der Waals surface area (Å²) in [5.41, 5.74) is 14.6. The monoisotopic (exact) mass is 658 g/mol. The van der Waals surface area contributed by atoms with Crippen molar-refractivity contribution < 1.29 is 9.47 Å². The maximum atomic E-state index is 7.14. The number of fused-ring (bicyclic) bond motifs is 11. The van der Waals surface area contributed by atoms with Gasteiger partial charge in [-0.3, -0.25) is 9.97 Å². The fourth-order valence-electron chi connectivity index (χ4n) is 9.66. The molecule has 2 aliphatic carbocycles. The van der Waals surface area contributed by atoms with Crippen molar-refractivity contribution in [2.24, 2.45) is 0 Å². The van der Waals surface area contributed by atoms with Gasteiger partial charge in [-0.1, -0.05) is 75.4 Å². The number of ether oxygens (including phenoxy) is 2. The normalized spacial score (nSPS) is 15.5. The van der Waals surface area contributed by atoms with E-state index in [0.29, 0.717) is 0 Å². The molecule has 0 spiro atoms. The maximum absolute atomic E-state index is 7.14. The molecule has 5 heteroatoms. The molecule has 0 radical (unpaired) electrons. The highest BCUT2D eigenvalue weighted by molar-refractivity contribution is 6.98. The second kappa shape index (κ2) is 10.2. The minimum Gasteiger partial charge on any atom is -0.458 e. The van der Waals surface area contributed by atoms with Crippen LogP contribution in [0.3, 0.4) is 0 Å². The first-order chi connectivity index (χ1) is 24.9. The van der Waals surface area contributed by atoms with Crippen molar-refractivity contribution in [2.75, 3.05) is 0 Å². The number of nitrogens with zero attached hydrogens (tertiary/aromatic N) is 2. The van der Waals surface area contributed by atoms with Crippen molar-refractivity contribution in [3.8, 4) is 34.1 Å². The van der Waals surface area contributed by atoms with E-state index < -0.39 is 5.41 Å². The summed E-state index contributed by atoms with van der Waals surface area (Å²) in [4.78, 5) is 8.96. The van der Waals surface area contributed by atoms with E-state index >= 15 is 0 Å². The van der Waals surface area contributed by atoms with Crippen LogP contribution in [0.25, 0.3) is 21.9 Å². The van der Waals surface area contributed by atoms with Gasteiger partial charge in [0, 0.05) is 35.6 Å². The summed E-state index contributed by atoms with van der Waals surface area (Å²) in [6, 6.07) is 36.0. The lowest BCUT2D eigenvalue weighted by atomic mass is 9.34. The zero-order chi connectivity index (χ0) is 34.1. The first kappa shape index (κ1) is 29.1. The Morgan fingerprint density at radius 2 is 1.39 bits per heavy atom. The molecule has 244 valence electrons. The van der Waals surface area contributed by atoms with Crippen LogP contribution in [0.15, 0.2) is 122 Å². The minimum atomic E-state index is -0.549. The van der Waals surface area contributed by atoms with E-state index in [1.165, 1.54) is 72.8 Å². The molecule has 0 saturated heterocycles. The molecule has 0 amide bonds. The average Bonchev–Trinajstić information content (AvgIpc) is 3.75. The Labute approximate surface area is 298 Å². The fraction of sp³-hybridized carbons (Fsp3) is 0.174. The van der Waals surface area contributed by atoms with E-state index in [4.69, 9.17) is 9.47 Å². The Morgan fingerprint density at radius 1 is 0.667 bits per heavy atom. The molecule has 0 unspecified atom stereocenters. The summed E-state index contributed by atoms with van der Waals surface area (Å²) >= 11 is 0. The summed E-state index contributed by atoms with van der Waals surface area (Å²) in [6.07, 6.45) is 11.1. The first-order valence-electron chi connectivity index (χ1n) is 18.1. The molecule has 2 aliphatic heterocycles. The van der Waals surface area contributed by atoms with Gasteiger partial charge in [-0.2, -0.15) is 0 Å². The third-order valence-corrected chi connectivity index (χ3v) is 12.0. The lowest BCUT2D eigenvalue weighted by Gasteiger charge is -2.37. The van der Waals surface area contributed by atoms with Crippen LogP contribution in [-0.2, 0) is 23.7 Å². The van der Waals surface area contributed by atoms with Crippen LogP contribution >= 0.6 is 0 Å². The first-order valence-corrected chi connectivity index (χ1v) is 18.1. The van der Waals surface area contributed by atoms with Crippen molar-refractivity contribution in [3.63, 3.8) is 0 Å². The van der Waals surface area contributed by atoms with Gasteiger partial charge >= 0.3 is 0 Å². The molecule has 0 atom stereocenters. The van der Waals surface area contributed by atoms with Crippen LogP contribution in [0, 0.1) is 0 Å². The van der Waals surface area contributed by atoms with Crippen molar-refractivity contribution in [1.82, 2.24) is 9.97 Å². The summed E-state index contributed by atoms with van der Waals surface area (Å²) < 4.78 is 14.1. The standard InChI is InChI=1S/C46H35BN2O2/c1-45(2,3)31-23-40-43-41(24-31)51-44-33-9-5-4-7-28(33)12-14-37(44)47(43)38-25-35-34-13-11-27-8-6-10-32(27)42(34)46(29-15-19-48-20-16-29,30-17-21-49-22-18-30)36(35)26-39(38)50-40/h4-5,7,9,11-26H,6,8,10H2,1-3H3. The Balaban J connectivity index is 1.25.